The molecule has 1 aliphatic heterocycles. The van der Waals surface area contributed by atoms with Crippen LogP contribution in [0, 0.1) is 0 Å². The third-order valence-electron chi connectivity index (χ3n) is 3.77. The first-order valence-electron chi connectivity index (χ1n) is 7.45. The van der Waals surface area contributed by atoms with E-state index in [2.05, 4.69) is 55.4 Å². The molecule has 0 radical (unpaired) electrons. The van der Waals surface area contributed by atoms with Crippen LogP contribution < -0.4 is 0 Å². The van der Waals surface area contributed by atoms with Crippen LogP contribution in [0.25, 0.3) is 0 Å². The summed E-state index contributed by atoms with van der Waals surface area (Å²) < 4.78 is 0. The second-order valence-electron chi connectivity index (χ2n) is 5.76. The van der Waals surface area contributed by atoms with Gasteiger partial charge in [0.1, 0.15) is 0 Å². The van der Waals surface area contributed by atoms with E-state index in [1.165, 1.54) is 20.9 Å². The number of nitrogens with zero attached hydrogens (tertiary/aromatic N) is 1. The molecule has 0 bridgehead atoms. The van der Waals surface area contributed by atoms with Crippen LogP contribution in [-0.4, -0.2) is 31.3 Å². The minimum atomic E-state index is 0.477. The highest BCUT2D eigenvalue weighted by Crippen LogP contribution is 2.46. The van der Waals surface area contributed by atoms with Crippen LogP contribution in [0.4, 0.5) is 0 Å². The zero-order valence-corrected chi connectivity index (χ0v) is 15.3. The van der Waals surface area contributed by atoms with Crippen LogP contribution in [0.5, 0.6) is 0 Å². The molecule has 0 spiro atoms. The van der Waals surface area contributed by atoms with Crippen molar-refractivity contribution < 1.29 is 0 Å². The number of hydrogen-bond donors (Lipinski definition) is 0. The zero-order valence-electron chi connectivity index (χ0n) is 12.9. The average molecular weight is 350 g/mol. The number of thioether (sulfide) groups is 1. The van der Waals surface area contributed by atoms with E-state index in [0.717, 1.165) is 23.7 Å². The molecule has 1 nitrogen and oxygen atoms in total. The third-order valence-corrected chi connectivity index (χ3v) is 6.46. The molecule has 0 saturated carbocycles. The van der Waals surface area contributed by atoms with Crippen molar-refractivity contribution in [1.29, 1.82) is 0 Å². The van der Waals surface area contributed by atoms with Crippen molar-refractivity contribution in [2.24, 2.45) is 0 Å². The van der Waals surface area contributed by atoms with E-state index in [1.807, 2.05) is 29.6 Å². The Morgan fingerprint density at radius 1 is 1.18 bits per heavy atom. The van der Waals surface area contributed by atoms with E-state index in [-0.39, 0.29) is 0 Å². The fourth-order valence-electron chi connectivity index (χ4n) is 2.59. The molecule has 0 N–H and O–H groups in total. The summed E-state index contributed by atoms with van der Waals surface area (Å²) in [5.41, 5.74) is 2.83. The first kappa shape index (κ1) is 16.3. The summed E-state index contributed by atoms with van der Waals surface area (Å²) in [5, 5.41) is 1.31. The summed E-state index contributed by atoms with van der Waals surface area (Å²) in [7, 11) is 4.26. The van der Waals surface area contributed by atoms with Crippen molar-refractivity contribution in [3.63, 3.8) is 0 Å². The fraction of sp³-hybridized carbons (Fsp3) is 0.333. The van der Waals surface area contributed by atoms with Gasteiger partial charge >= 0.3 is 0 Å². The molecule has 2 aromatic rings. The Morgan fingerprint density at radius 2 is 2.00 bits per heavy atom. The van der Waals surface area contributed by atoms with Gasteiger partial charge in [0.15, 0.2) is 0 Å². The maximum Gasteiger partial charge on any atom is 0.0409 e. The molecule has 3 rings (SSSR count). The van der Waals surface area contributed by atoms with Crippen molar-refractivity contribution in [2.45, 2.75) is 21.5 Å². The summed E-state index contributed by atoms with van der Waals surface area (Å²) >= 11 is 10.2. The second-order valence-corrected chi connectivity index (χ2v) is 8.59. The van der Waals surface area contributed by atoms with Crippen molar-refractivity contribution in [2.75, 3.05) is 26.4 Å². The summed E-state index contributed by atoms with van der Waals surface area (Å²) in [4.78, 5) is 4.96. The van der Waals surface area contributed by atoms with Crippen molar-refractivity contribution >= 4 is 35.1 Å². The van der Waals surface area contributed by atoms with Gasteiger partial charge in [-0.15, -0.1) is 0 Å². The molecule has 1 atom stereocenters. The average Bonchev–Trinajstić information content (AvgIpc) is 2.64. The zero-order chi connectivity index (χ0) is 15.5. The van der Waals surface area contributed by atoms with E-state index < -0.39 is 0 Å². The third kappa shape index (κ3) is 3.83. The molecule has 0 aromatic heterocycles. The minimum Gasteiger partial charge on any atom is -0.309 e. The molecule has 0 amide bonds. The molecule has 1 aliphatic rings. The van der Waals surface area contributed by atoms with E-state index in [1.54, 1.807) is 0 Å². The lowest BCUT2D eigenvalue weighted by Crippen LogP contribution is -2.15. The number of rotatable bonds is 4. The van der Waals surface area contributed by atoms with Crippen molar-refractivity contribution in [3.05, 3.63) is 58.6 Å². The second kappa shape index (κ2) is 7.31. The quantitative estimate of drug-likeness (QED) is 0.729. The predicted molar refractivity (Wildman–Crippen MR) is 99.5 cm³/mol. The van der Waals surface area contributed by atoms with Gasteiger partial charge in [0.05, 0.1) is 0 Å². The summed E-state index contributed by atoms with van der Waals surface area (Å²) in [6.45, 7) is 1.10. The van der Waals surface area contributed by atoms with Crippen molar-refractivity contribution in [3.8, 4) is 0 Å². The SMILES string of the molecule is CN(C)CCSC1Cc2ccccc2Sc2ccc(Cl)cc21. The molecule has 116 valence electrons. The first-order chi connectivity index (χ1) is 10.6. The molecule has 0 saturated heterocycles. The van der Waals surface area contributed by atoms with Gasteiger partial charge in [-0.1, -0.05) is 41.6 Å². The number of hydrogen-bond acceptors (Lipinski definition) is 3. The Hall–Kier alpha value is -0.610. The Bertz CT molecular complexity index is 657. The van der Waals surface area contributed by atoms with Gasteiger partial charge in [-0.05, 0) is 55.9 Å². The van der Waals surface area contributed by atoms with Gasteiger partial charge < -0.3 is 4.90 Å². The summed E-state index contributed by atoms with van der Waals surface area (Å²) in [6, 6.07) is 15.1. The van der Waals surface area contributed by atoms with Crippen LogP contribution in [0.2, 0.25) is 5.02 Å². The molecule has 1 heterocycles. The largest absolute Gasteiger partial charge is 0.309 e. The van der Waals surface area contributed by atoms with Gasteiger partial charge in [-0.3, -0.25) is 0 Å². The smallest absolute Gasteiger partial charge is 0.0409 e. The molecule has 22 heavy (non-hydrogen) atoms. The normalized spacial score (nSPS) is 17.0. The summed E-state index contributed by atoms with van der Waals surface area (Å²) in [6.07, 6.45) is 1.08. The highest BCUT2D eigenvalue weighted by molar-refractivity contribution is 8.00. The lowest BCUT2D eigenvalue weighted by atomic mass is 10.0. The Morgan fingerprint density at radius 3 is 2.82 bits per heavy atom. The molecule has 0 aliphatic carbocycles. The van der Waals surface area contributed by atoms with E-state index in [9.17, 15) is 0 Å². The maximum atomic E-state index is 6.26. The van der Waals surface area contributed by atoms with E-state index in [0.29, 0.717) is 5.25 Å². The Kier molecular flexibility index (Phi) is 5.40. The first-order valence-corrected chi connectivity index (χ1v) is 9.69. The van der Waals surface area contributed by atoms with Gasteiger partial charge in [0.25, 0.3) is 0 Å². The Balaban J connectivity index is 1.92. The number of benzene rings is 2. The highest BCUT2D eigenvalue weighted by atomic mass is 35.5. The molecule has 2 aromatic carbocycles. The summed E-state index contributed by atoms with van der Waals surface area (Å²) in [5.74, 6) is 1.14. The van der Waals surface area contributed by atoms with E-state index in [4.69, 9.17) is 11.6 Å². The van der Waals surface area contributed by atoms with Crippen molar-refractivity contribution in [1.82, 2.24) is 4.90 Å². The fourth-order valence-corrected chi connectivity index (χ4v) is 5.39. The van der Waals surface area contributed by atoms with Crippen LogP contribution in [0.3, 0.4) is 0 Å². The topological polar surface area (TPSA) is 3.24 Å². The van der Waals surface area contributed by atoms with Crippen LogP contribution in [-0.2, 0) is 6.42 Å². The van der Waals surface area contributed by atoms with Gasteiger partial charge in [-0.25, -0.2) is 0 Å². The standard InChI is InChI=1S/C18H20ClNS2/c1-20(2)9-10-21-18-11-13-5-3-4-6-16(13)22-17-8-7-14(19)12-15(17)18/h3-8,12,18H,9-11H2,1-2H3. The molecular weight excluding hydrogens is 330 g/mol. The molecular formula is C18H20ClNS2. The minimum absolute atomic E-state index is 0.477. The maximum absolute atomic E-state index is 6.26. The number of fused-ring (bicyclic) bond motifs is 2. The number of halogens is 1. The van der Waals surface area contributed by atoms with E-state index >= 15 is 0 Å². The monoisotopic (exact) mass is 349 g/mol. The highest BCUT2D eigenvalue weighted by Gasteiger charge is 2.23. The van der Waals surface area contributed by atoms with Gasteiger partial charge in [0, 0.05) is 32.4 Å². The van der Waals surface area contributed by atoms with Crippen LogP contribution >= 0.6 is 35.1 Å². The lowest BCUT2D eigenvalue weighted by molar-refractivity contribution is 0.437. The van der Waals surface area contributed by atoms with Gasteiger partial charge in [-0.2, -0.15) is 11.8 Å². The van der Waals surface area contributed by atoms with Crippen LogP contribution in [0.1, 0.15) is 16.4 Å². The molecule has 0 fully saturated rings. The van der Waals surface area contributed by atoms with Crippen LogP contribution in [0.15, 0.2) is 52.3 Å². The van der Waals surface area contributed by atoms with Gasteiger partial charge in [0.2, 0.25) is 0 Å². The molecule has 4 heteroatoms. The Labute approximate surface area is 146 Å². The molecule has 1 unspecified atom stereocenters. The predicted octanol–water partition coefficient (Wildman–Crippen LogP) is 5.38. The lowest BCUT2D eigenvalue weighted by Gasteiger charge is -2.19.